The molecule has 1 aliphatic rings. The van der Waals surface area contributed by atoms with Gasteiger partial charge in [-0.15, -0.1) is 0 Å². The van der Waals surface area contributed by atoms with Crippen molar-refractivity contribution >= 4 is 22.4 Å². The van der Waals surface area contributed by atoms with Gasteiger partial charge in [-0.25, -0.2) is 9.78 Å². The van der Waals surface area contributed by atoms with Gasteiger partial charge in [-0.05, 0) is 25.9 Å². The minimum atomic E-state index is -0.908. The van der Waals surface area contributed by atoms with E-state index in [2.05, 4.69) is 22.1 Å². The molecule has 1 unspecified atom stereocenters. The van der Waals surface area contributed by atoms with E-state index < -0.39 is 5.97 Å². The zero-order valence-electron chi connectivity index (χ0n) is 9.85. The minimum Gasteiger partial charge on any atom is -0.477 e. The molecular formula is C11H17N3O2S. The third-order valence-corrected chi connectivity index (χ3v) is 3.91. The average Bonchev–Trinajstić information content (AvgIpc) is 2.78. The molecule has 0 aliphatic carbocycles. The van der Waals surface area contributed by atoms with Gasteiger partial charge in [-0.3, -0.25) is 0 Å². The number of anilines is 1. The van der Waals surface area contributed by atoms with Crippen LogP contribution >= 0.6 is 11.3 Å². The van der Waals surface area contributed by atoms with Crippen molar-refractivity contribution in [2.75, 3.05) is 25.0 Å². The summed E-state index contributed by atoms with van der Waals surface area (Å²) in [6, 6.07) is 0.386. The molecule has 0 radical (unpaired) electrons. The maximum Gasteiger partial charge on any atom is 0.347 e. The fraction of sp³-hybridized carbons (Fsp3) is 0.636. The number of hydrogen-bond acceptors (Lipinski definition) is 5. The molecule has 0 bridgehead atoms. The fourth-order valence-corrected chi connectivity index (χ4v) is 2.81. The van der Waals surface area contributed by atoms with Gasteiger partial charge in [-0.1, -0.05) is 18.3 Å². The molecule has 1 aliphatic heterocycles. The summed E-state index contributed by atoms with van der Waals surface area (Å²) in [5.74, 6) is -0.908. The summed E-state index contributed by atoms with van der Waals surface area (Å²) < 4.78 is 0. The van der Waals surface area contributed by atoms with E-state index in [9.17, 15) is 4.79 Å². The largest absolute Gasteiger partial charge is 0.477 e. The highest BCUT2D eigenvalue weighted by Crippen LogP contribution is 2.21. The summed E-state index contributed by atoms with van der Waals surface area (Å²) in [5, 5.41) is 12.9. The Kier molecular flexibility index (Phi) is 3.96. The molecule has 1 atom stereocenters. The van der Waals surface area contributed by atoms with Gasteiger partial charge in [0.15, 0.2) is 5.13 Å². The van der Waals surface area contributed by atoms with Crippen molar-refractivity contribution in [3.05, 3.63) is 11.1 Å². The number of aromatic nitrogens is 1. The molecule has 17 heavy (non-hydrogen) atoms. The van der Waals surface area contributed by atoms with Gasteiger partial charge >= 0.3 is 5.97 Å². The second-order valence-electron chi connectivity index (χ2n) is 4.21. The van der Waals surface area contributed by atoms with Gasteiger partial charge < -0.3 is 15.3 Å². The third-order valence-electron chi connectivity index (χ3n) is 3.00. The Morgan fingerprint density at radius 2 is 2.59 bits per heavy atom. The number of hydrogen-bond donors (Lipinski definition) is 2. The van der Waals surface area contributed by atoms with Gasteiger partial charge in [0.1, 0.15) is 4.88 Å². The summed E-state index contributed by atoms with van der Waals surface area (Å²) in [7, 11) is 0. The maximum atomic E-state index is 10.7. The van der Waals surface area contributed by atoms with E-state index in [0.29, 0.717) is 11.2 Å². The molecular weight excluding hydrogens is 238 g/mol. The number of nitrogens with one attached hydrogen (secondary N) is 1. The van der Waals surface area contributed by atoms with Gasteiger partial charge in [0.05, 0.1) is 6.20 Å². The van der Waals surface area contributed by atoms with Crippen LogP contribution in [0, 0.1) is 0 Å². The van der Waals surface area contributed by atoms with Crippen LogP contribution < -0.4 is 5.32 Å². The van der Waals surface area contributed by atoms with E-state index in [-0.39, 0.29) is 4.88 Å². The number of thiazole rings is 1. The van der Waals surface area contributed by atoms with Crippen molar-refractivity contribution in [1.29, 1.82) is 0 Å². The zero-order chi connectivity index (χ0) is 12.3. The number of carbonyl (C=O) groups is 1. The number of carboxylic acid groups (broad SMARTS) is 1. The molecule has 5 nitrogen and oxygen atoms in total. The van der Waals surface area contributed by atoms with Crippen molar-refractivity contribution in [3.63, 3.8) is 0 Å². The Bertz CT molecular complexity index is 394. The first-order valence-corrected chi connectivity index (χ1v) is 6.68. The van der Waals surface area contributed by atoms with Crippen LogP contribution in [0.3, 0.4) is 0 Å². The van der Waals surface area contributed by atoms with Crippen molar-refractivity contribution in [3.8, 4) is 0 Å². The molecule has 2 heterocycles. The van der Waals surface area contributed by atoms with E-state index in [1.165, 1.54) is 24.0 Å². The third kappa shape index (κ3) is 3.17. The zero-order valence-corrected chi connectivity index (χ0v) is 10.7. The molecule has 6 heteroatoms. The van der Waals surface area contributed by atoms with Gasteiger partial charge in [0.2, 0.25) is 0 Å². The van der Waals surface area contributed by atoms with E-state index in [4.69, 9.17) is 5.11 Å². The highest BCUT2D eigenvalue weighted by Gasteiger charge is 2.19. The van der Waals surface area contributed by atoms with Crippen LogP contribution in [-0.4, -0.2) is 46.6 Å². The number of likely N-dealkylation sites (N-methyl/N-ethyl adjacent to an activating group) is 1. The van der Waals surface area contributed by atoms with Crippen molar-refractivity contribution in [2.45, 2.75) is 25.8 Å². The summed E-state index contributed by atoms with van der Waals surface area (Å²) in [6.45, 7) is 5.40. The maximum absolute atomic E-state index is 10.7. The molecule has 0 aromatic carbocycles. The second kappa shape index (κ2) is 5.46. The van der Waals surface area contributed by atoms with Crippen molar-refractivity contribution in [1.82, 2.24) is 9.88 Å². The topological polar surface area (TPSA) is 65.5 Å². The highest BCUT2D eigenvalue weighted by atomic mass is 32.1. The number of aromatic carboxylic acids is 1. The summed E-state index contributed by atoms with van der Waals surface area (Å²) in [4.78, 5) is 17.5. The summed E-state index contributed by atoms with van der Waals surface area (Å²) >= 11 is 1.20. The molecule has 1 aromatic rings. The predicted octanol–water partition coefficient (Wildman–Crippen LogP) is 1.74. The lowest BCUT2D eigenvalue weighted by atomic mass is 10.1. The first-order valence-electron chi connectivity index (χ1n) is 5.87. The lowest BCUT2D eigenvalue weighted by Gasteiger charge is -2.32. The highest BCUT2D eigenvalue weighted by molar-refractivity contribution is 7.17. The van der Waals surface area contributed by atoms with Crippen molar-refractivity contribution in [2.24, 2.45) is 0 Å². The summed E-state index contributed by atoms with van der Waals surface area (Å²) in [5.41, 5.74) is 0. The van der Waals surface area contributed by atoms with Gasteiger partial charge in [-0.2, -0.15) is 0 Å². The predicted molar refractivity (Wildman–Crippen MR) is 67.8 cm³/mol. The fourth-order valence-electron chi connectivity index (χ4n) is 2.07. The molecule has 1 aromatic heterocycles. The lowest BCUT2D eigenvalue weighted by Crippen LogP contribution is -2.41. The van der Waals surface area contributed by atoms with E-state index in [0.717, 1.165) is 26.1 Å². The Morgan fingerprint density at radius 3 is 3.24 bits per heavy atom. The Morgan fingerprint density at radius 1 is 1.76 bits per heavy atom. The Balaban J connectivity index is 1.93. The molecule has 94 valence electrons. The van der Waals surface area contributed by atoms with Crippen LogP contribution in [0.4, 0.5) is 5.13 Å². The minimum absolute atomic E-state index is 0.288. The second-order valence-corrected chi connectivity index (χ2v) is 5.24. The molecule has 2 rings (SSSR count). The number of nitrogens with zero attached hydrogens (tertiary/aromatic N) is 2. The molecule has 0 spiro atoms. The van der Waals surface area contributed by atoms with Crippen LogP contribution in [0.25, 0.3) is 0 Å². The van der Waals surface area contributed by atoms with E-state index in [1.54, 1.807) is 0 Å². The first-order chi connectivity index (χ1) is 8.19. The van der Waals surface area contributed by atoms with Crippen molar-refractivity contribution < 1.29 is 9.90 Å². The van der Waals surface area contributed by atoms with Gasteiger partial charge in [0.25, 0.3) is 0 Å². The normalized spacial score (nSPS) is 21.4. The summed E-state index contributed by atoms with van der Waals surface area (Å²) in [6.07, 6.45) is 3.72. The number of likely N-dealkylation sites (tertiary alicyclic amines) is 1. The average molecular weight is 255 g/mol. The smallest absolute Gasteiger partial charge is 0.347 e. The van der Waals surface area contributed by atoms with Crippen LogP contribution in [0.5, 0.6) is 0 Å². The number of piperidine rings is 1. The monoisotopic (exact) mass is 255 g/mol. The molecule has 2 N–H and O–H groups in total. The van der Waals surface area contributed by atoms with Crippen LogP contribution in [0.2, 0.25) is 0 Å². The Labute approximate surface area is 104 Å². The molecule has 0 amide bonds. The quantitative estimate of drug-likeness (QED) is 0.858. The molecule has 0 saturated carbocycles. The molecule has 1 saturated heterocycles. The number of carboxylic acids is 1. The SMILES string of the molecule is CCN1CCCC(Nc2ncc(C(=O)O)s2)C1. The van der Waals surface area contributed by atoms with E-state index in [1.807, 2.05) is 0 Å². The standard InChI is InChI=1S/C11H17N3O2S/c1-2-14-5-3-4-8(7-14)13-11-12-6-9(17-11)10(15)16/h6,8H,2-5,7H2,1H3,(H,12,13)(H,15,16). The number of rotatable bonds is 4. The van der Waals surface area contributed by atoms with Gasteiger partial charge in [0, 0.05) is 12.6 Å². The van der Waals surface area contributed by atoms with Crippen LogP contribution in [0.1, 0.15) is 29.4 Å². The van der Waals surface area contributed by atoms with E-state index >= 15 is 0 Å². The Hall–Kier alpha value is -1.14. The van der Waals surface area contributed by atoms with Crippen LogP contribution in [-0.2, 0) is 0 Å². The lowest BCUT2D eigenvalue weighted by molar-refractivity contribution is 0.0702. The van der Waals surface area contributed by atoms with Crippen LogP contribution in [0.15, 0.2) is 6.20 Å². The first kappa shape index (κ1) is 12.3. The molecule has 1 fully saturated rings.